The molecule has 0 aromatic carbocycles. The van der Waals surface area contributed by atoms with E-state index in [1.165, 1.54) is 12.8 Å². The first-order chi connectivity index (χ1) is 10.9. The lowest BCUT2D eigenvalue weighted by atomic mass is 10.3. The van der Waals surface area contributed by atoms with E-state index in [0.717, 1.165) is 23.7 Å². The van der Waals surface area contributed by atoms with Crippen LogP contribution < -0.4 is 5.32 Å². The summed E-state index contributed by atoms with van der Waals surface area (Å²) in [5.74, 6) is 1.24. The Kier molecular flexibility index (Phi) is 3.26. The maximum absolute atomic E-state index is 5.56. The minimum absolute atomic E-state index is 0.364. The monoisotopic (exact) mass is 297 g/mol. The maximum atomic E-state index is 5.56. The normalized spacial score (nSPS) is 14.2. The minimum atomic E-state index is 0.364. The predicted octanol–water partition coefficient (Wildman–Crippen LogP) is 1.75. The molecule has 0 aliphatic heterocycles. The molecule has 1 saturated carbocycles. The lowest BCUT2D eigenvalue weighted by Gasteiger charge is -1.97. The third kappa shape index (κ3) is 2.95. The fourth-order valence-electron chi connectivity index (χ4n) is 2.15. The highest BCUT2D eigenvalue weighted by atomic mass is 16.4. The summed E-state index contributed by atoms with van der Waals surface area (Å²) in [6.07, 6.45) is 7.92. The van der Waals surface area contributed by atoms with Crippen LogP contribution in [0.1, 0.15) is 18.5 Å². The average molecular weight is 297 g/mol. The van der Waals surface area contributed by atoms with E-state index in [4.69, 9.17) is 4.42 Å². The summed E-state index contributed by atoms with van der Waals surface area (Å²) in [5.41, 5.74) is 1.69. The third-order valence-electron chi connectivity index (χ3n) is 3.50. The van der Waals surface area contributed by atoms with Gasteiger partial charge in [0.05, 0.1) is 12.7 Å². The number of hydrogen-bond acceptors (Lipinski definition) is 7. The topological polar surface area (TPSA) is 94.6 Å². The van der Waals surface area contributed by atoms with Crippen LogP contribution in [0, 0.1) is 5.92 Å². The first kappa shape index (κ1) is 12.9. The summed E-state index contributed by atoms with van der Waals surface area (Å²) >= 11 is 0. The summed E-state index contributed by atoms with van der Waals surface area (Å²) in [6, 6.07) is 4.00. The van der Waals surface area contributed by atoms with Crippen LogP contribution in [0.25, 0.3) is 11.5 Å². The molecule has 8 nitrogen and oxygen atoms in total. The Hall–Kier alpha value is -2.77. The van der Waals surface area contributed by atoms with Gasteiger partial charge in [-0.1, -0.05) is 10.3 Å². The highest BCUT2D eigenvalue weighted by molar-refractivity contribution is 5.51. The van der Waals surface area contributed by atoms with Gasteiger partial charge in [0.15, 0.2) is 0 Å². The number of nitrogens with one attached hydrogen (secondary N) is 1. The van der Waals surface area contributed by atoms with E-state index < -0.39 is 0 Å². The molecule has 112 valence electrons. The van der Waals surface area contributed by atoms with Crippen LogP contribution in [0.2, 0.25) is 0 Å². The SMILES string of the molecule is c1cc(-c2nnc(NCc3cn(CC4CC4)nn3)o2)ccn1. The van der Waals surface area contributed by atoms with Gasteiger partial charge in [0.25, 0.3) is 0 Å². The standard InChI is InChI=1S/C14H15N7O/c1-2-10(1)8-21-9-12(17-20-21)7-16-14-19-18-13(22-14)11-3-5-15-6-4-11/h3-6,9-10H,1-2,7-8H2,(H,16,19). The van der Waals surface area contributed by atoms with E-state index in [1.54, 1.807) is 12.4 Å². The molecule has 0 atom stereocenters. The van der Waals surface area contributed by atoms with Crippen LogP contribution in [0.5, 0.6) is 0 Å². The van der Waals surface area contributed by atoms with Crippen LogP contribution in [-0.4, -0.2) is 30.2 Å². The second kappa shape index (κ2) is 5.55. The number of rotatable bonds is 6. The number of pyridine rings is 1. The Labute approximate surface area is 126 Å². The molecule has 1 aliphatic carbocycles. The molecule has 0 radical (unpaired) electrons. The lowest BCUT2D eigenvalue weighted by Crippen LogP contribution is -2.00. The summed E-state index contributed by atoms with van der Waals surface area (Å²) in [6.45, 7) is 1.46. The van der Waals surface area contributed by atoms with E-state index in [-0.39, 0.29) is 0 Å². The van der Waals surface area contributed by atoms with Gasteiger partial charge in [-0.2, -0.15) is 0 Å². The Balaban J connectivity index is 1.37. The predicted molar refractivity (Wildman–Crippen MR) is 77.6 cm³/mol. The largest absolute Gasteiger partial charge is 0.403 e. The van der Waals surface area contributed by atoms with Crippen molar-refractivity contribution in [1.82, 2.24) is 30.2 Å². The van der Waals surface area contributed by atoms with Crippen molar-refractivity contribution in [3.63, 3.8) is 0 Å². The molecule has 22 heavy (non-hydrogen) atoms. The van der Waals surface area contributed by atoms with E-state index >= 15 is 0 Å². The quantitative estimate of drug-likeness (QED) is 0.740. The van der Waals surface area contributed by atoms with Crippen LogP contribution in [0.15, 0.2) is 35.1 Å². The molecule has 0 spiro atoms. The smallest absolute Gasteiger partial charge is 0.316 e. The minimum Gasteiger partial charge on any atom is -0.403 e. The molecule has 3 heterocycles. The molecule has 0 unspecified atom stereocenters. The molecule has 0 bridgehead atoms. The Bertz CT molecular complexity index is 747. The van der Waals surface area contributed by atoms with Gasteiger partial charge in [-0.15, -0.1) is 10.2 Å². The van der Waals surface area contributed by atoms with Crippen molar-refractivity contribution in [3.05, 3.63) is 36.4 Å². The van der Waals surface area contributed by atoms with E-state index in [0.29, 0.717) is 18.5 Å². The van der Waals surface area contributed by atoms with Crippen LogP contribution in [-0.2, 0) is 13.1 Å². The number of aromatic nitrogens is 6. The van der Waals surface area contributed by atoms with Crippen molar-refractivity contribution in [2.24, 2.45) is 5.92 Å². The molecule has 0 saturated heterocycles. The third-order valence-corrected chi connectivity index (χ3v) is 3.50. The molecule has 3 aromatic rings. The van der Waals surface area contributed by atoms with Crippen molar-refractivity contribution >= 4 is 6.01 Å². The molecular formula is C14H15N7O. The zero-order valence-corrected chi connectivity index (χ0v) is 11.9. The average Bonchev–Trinajstić information content (AvgIpc) is 3.06. The van der Waals surface area contributed by atoms with Gasteiger partial charge in [-0.05, 0) is 30.9 Å². The van der Waals surface area contributed by atoms with Crippen LogP contribution in [0.3, 0.4) is 0 Å². The summed E-state index contributed by atoms with van der Waals surface area (Å²) in [7, 11) is 0. The van der Waals surface area contributed by atoms with Gasteiger partial charge >= 0.3 is 6.01 Å². The van der Waals surface area contributed by atoms with Gasteiger partial charge in [0.2, 0.25) is 5.89 Å². The zero-order valence-electron chi connectivity index (χ0n) is 11.9. The van der Waals surface area contributed by atoms with Gasteiger partial charge in [-0.25, -0.2) is 0 Å². The first-order valence-electron chi connectivity index (χ1n) is 7.23. The Morgan fingerprint density at radius 2 is 2.05 bits per heavy atom. The van der Waals surface area contributed by atoms with Crippen molar-refractivity contribution in [3.8, 4) is 11.5 Å². The highest BCUT2D eigenvalue weighted by Gasteiger charge is 2.22. The van der Waals surface area contributed by atoms with Crippen molar-refractivity contribution in [1.29, 1.82) is 0 Å². The van der Waals surface area contributed by atoms with Crippen molar-refractivity contribution in [2.75, 3.05) is 5.32 Å². The molecular weight excluding hydrogens is 282 g/mol. The molecule has 8 heteroatoms. The van der Waals surface area contributed by atoms with Gasteiger partial charge in [0, 0.05) is 24.5 Å². The van der Waals surface area contributed by atoms with Crippen LogP contribution in [0.4, 0.5) is 6.01 Å². The number of anilines is 1. The number of hydrogen-bond donors (Lipinski definition) is 1. The van der Waals surface area contributed by atoms with Gasteiger partial charge in [0.1, 0.15) is 5.69 Å². The Morgan fingerprint density at radius 3 is 2.86 bits per heavy atom. The molecule has 0 amide bonds. The summed E-state index contributed by atoms with van der Waals surface area (Å²) in [5, 5.41) is 19.3. The summed E-state index contributed by atoms with van der Waals surface area (Å²) < 4.78 is 7.45. The molecule has 3 aromatic heterocycles. The van der Waals surface area contributed by atoms with Gasteiger partial charge < -0.3 is 9.73 Å². The summed E-state index contributed by atoms with van der Waals surface area (Å²) in [4.78, 5) is 3.96. The second-order valence-electron chi connectivity index (χ2n) is 5.38. The van der Waals surface area contributed by atoms with Gasteiger partial charge in [-0.3, -0.25) is 9.67 Å². The zero-order chi connectivity index (χ0) is 14.8. The fourth-order valence-corrected chi connectivity index (χ4v) is 2.15. The van der Waals surface area contributed by atoms with Crippen molar-refractivity contribution in [2.45, 2.75) is 25.9 Å². The van der Waals surface area contributed by atoms with Crippen LogP contribution >= 0.6 is 0 Å². The molecule has 4 rings (SSSR count). The highest BCUT2D eigenvalue weighted by Crippen LogP contribution is 2.30. The Morgan fingerprint density at radius 1 is 1.18 bits per heavy atom. The lowest BCUT2D eigenvalue weighted by molar-refractivity contribution is 0.544. The fraction of sp³-hybridized carbons (Fsp3) is 0.357. The van der Waals surface area contributed by atoms with E-state index in [2.05, 4.69) is 30.8 Å². The number of nitrogens with zero attached hydrogens (tertiary/aromatic N) is 6. The first-order valence-corrected chi connectivity index (χ1v) is 7.23. The molecule has 1 fully saturated rings. The van der Waals surface area contributed by atoms with E-state index in [1.807, 2.05) is 23.0 Å². The van der Waals surface area contributed by atoms with Crippen molar-refractivity contribution < 1.29 is 4.42 Å². The van der Waals surface area contributed by atoms with E-state index in [9.17, 15) is 0 Å². The second-order valence-corrected chi connectivity index (χ2v) is 5.38. The molecule has 1 N–H and O–H groups in total. The molecule has 1 aliphatic rings. The maximum Gasteiger partial charge on any atom is 0.316 e.